The van der Waals surface area contributed by atoms with Crippen LogP contribution in [0.15, 0.2) is 71.8 Å². The van der Waals surface area contributed by atoms with Gasteiger partial charge in [0.05, 0.1) is 5.69 Å². The molecule has 0 aliphatic heterocycles. The minimum Gasteiger partial charge on any atom is -0.360 e. The molecule has 0 spiro atoms. The normalized spacial score (nSPS) is 10.7. The van der Waals surface area contributed by atoms with E-state index in [1.165, 1.54) is 6.33 Å². The average molecular weight is 345 g/mol. The summed E-state index contributed by atoms with van der Waals surface area (Å²) in [6.07, 6.45) is 3.08. The molecule has 0 aliphatic carbocycles. The molecule has 2 heterocycles. The molecule has 26 heavy (non-hydrogen) atoms. The first-order valence-electron chi connectivity index (χ1n) is 8.00. The highest BCUT2D eigenvalue weighted by molar-refractivity contribution is 6.08. The molecule has 2 aromatic heterocycles. The first-order chi connectivity index (χ1) is 12.7. The monoisotopic (exact) mass is 345 g/mol. The fourth-order valence-corrected chi connectivity index (χ4v) is 2.67. The summed E-state index contributed by atoms with van der Waals surface area (Å²) < 4.78 is 6.89. The van der Waals surface area contributed by atoms with Gasteiger partial charge < -0.3 is 9.84 Å². The molecule has 0 atom stereocenters. The Bertz CT molecular complexity index is 1020. The summed E-state index contributed by atoms with van der Waals surface area (Å²) in [6, 6.07) is 16.8. The van der Waals surface area contributed by atoms with Gasteiger partial charge in [0, 0.05) is 11.3 Å². The molecule has 0 unspecified atom stereocenters. The Morgan fingerprint density at radius 3 is 2.54 bits per heavy atom. The first-order valence-corrected chi connectivity index (χ1v) is 8.00. The lowest BCUT2D eigenvalue weighted by Crippen LogP contribution is -2.13. The highest BCUT2D eigenvalue weighted by atomic mass is 16.5. The molecule has 1 N–H and O–H groups in total. The lowest BCUT2D eigenvalue weighted by atomic mass is 10.1. The number of hydrogen-bond acceptors (Lipinski definition) is 5. The van der Waals surface area contributed by atoms with Gasteiger partial charge in [-0.05, 0) is 31.2 Å². The second-order valence-electron chi connectivity index (χ2n) is 5.67. The molecule has 1 amide bonds. The van der Waals surface area contributed by atoms with E-state index in [2.05, 4.69) is 20.6 Å². The Balaban J connectivity index is 1.58. The maximum Gasteiger partial charge on any atom is 0.261 e. The van der Waals surface area contributed by atoms with E-state index in [0.717, 1.165) is 11.3 Å². The lowest BCUT2D eigenvalue weighted by Gasteiger charge is -2.07. The van der Waals surface area contributed by atoms with E-state index in [-0.39, 0.29) is 5.91 Å². The van der Waals surface area contributed by atoms with Gasteiger partial charge in [0.25, 0.3) is 5.91 Å². The van der Waals surface area contributed by atoms with E-state index >= 15 is 0 Å². The highest BCUT2D eigenvalue weighted by Gasteiger charge is 2.21. The predicted octanol–water partition coefficient (Wildman–Crippen LogP) is 3.48. The molecule has 0 fully saturated rings. The summed E-state index contributed by atoms with van der Waals surface area (Å²) in [5.41, 5.74) is 3.30. The van der Waals surface area contributed by atoms with Crippen LogP contribution >= 0.6 is 0 Å². The summed E-state index contributed by atoms with van der Waals surface area (Å²) >= 11 is 0. The minimum atomic E-state index is -0.267. The number of anilines is 1. The number of hydrogen-bond donors (Lipinski definition) is 1. The molecule has 0 bridgehead atoms. The molecule has 4 rings (SSSR count). The van der Waals surface area contributed by atoms with Crippen molar-refractivity contribution < 1.29 is 9.32 Å². The average Bonchev–Trinajstić information content (AvgIpc) is 3.33. The number of nitrogens with zero attached hydrogens (tertiary/aromatic N) is 4. The number of carbonyl (C=O) groups is 1. The van der Waals surface area contributed by atoms with Crippen molar-refractivity contribution in [3.05, 3.63) is 78.6 Å². The van der Waals surface area contributed by atoms with Crippen molar-refractivity contribution in [3.8, 4) is 16.9 Å². The van der Waals surface area contributed by atoms with Gasteiger partial charge in [-0.2, -0.15) is 5.10 Å². The van der Waals surface area contributed by atoms with Crippen molar-refractivity contribution in [3.63, 3.8) is 0 Å². The SMILES string of the molecule is Cc1onc(-c2ccccc2)c1C(=O)Nc1ccc(-n2cncn2)cc1. The van der Waals surface area contributed by atoms with Crippen molar-refractivity contribution in [1.82, 2.24) is 19.9 Å². The fourth-order valence-electron chi connectivity index (χ4n) is 2.67. The van der Waals surface area contributed by atoms with E-state index in [9.17, 15) is 4.79 Å². The van der Waals surface area contributed by atoms with Crippen LogP contribution in [0, 0.1) is 6.92 Å². The molecule has 0 saturated heterocycles. The molecular weight excluding hydrogens is 330 g/mol. The van der Waals surface area contributed by atoms with Crippen molar-refractivity contribution in [2.75, 3.05) is 5.32 Å². The number of aryl methyl sites for hydroxylation is 1. The third kappa shape index (κ3) is 2.98. The van der Waals surface area contributed by atoms with Gasteiger partial charge >= 0.3 is 0 Å². The summed E-state index contributed by atoms with van der Waals surface area (Å²) in [6.45, 7) is 1.72. The predicted molar refractivity (Wildman–Crippen MR) is 96.0 cm³/mol. The van der Waals surface area contributed by atoms with Gasteiger partial charge in [-0.1, -0.05) is 35.5 Å². The number of aromatic nitrogens is 4. The zero-order chi connectivity index (χ0) is 17.9. The molecular formula is C19H15N5O2. The Morgan fingerprint density at radius 1 is 1.08 bits per heavy atom. The van der Waals surface area contributed by atoms with Crippen LogP contribution < -0.4 is 5.32 Å². The molecule has 4 aromatic rings. The van der Waals surface area contributed by atoms with Gasteiger partial charge in [0.15, 0.2) is 0 Å². The van der Waals surface area contributed by atoms with Crippen LogP contribution in [0.1, 0.15) is 16.1 Å². The molecule has 7 heteroatoms. The molecule has 0 aliphatic rings. The van der Waals surface area contributed by atoms with Gasteiger partial charge in [-0.3, -0.25) is 4.79 Å². The third-order valence-electron chi connectivity index (χ3n) is 3.95. The van der Waals surface area contributed by atoms with Crippen LogP contribution in [0.5, 0.6) is 0 Å². The second kappa shape index (κ2) is 6.64. The highest BCUT2D eigenvalue weighted by Crippen LogP contribution is 2.26. The van der Waals surface area contributed by atoms with E-state index in [1.807, 2.05) is 42.5 Å². The zero-order valence-corrected chi connectivity index (χ0v) is 14.0. The molecule has 7 nitrogen and oxygen atoms in total. The summed E-state index contributed by atoms with van der Waals surface area (Å²) in [5, 5.41) is 11.0. The molecule has 0 saturated carbocycles. The zero-order valence-electron chi connectivity index (χ0n) is 14.0. The Morgan fingerprint density at radius 2 is 1.85 bits per heavy atom. The smallest absolute Gasteiger partial charge is 0.261 e. The maximum absolute atomic E-state index is 12.8. The van der Waals surface area contributed by atoms with Crippen molar-refractivity contribution in [2.45, 2.75) is 6.92 Å². The summed E-state index contributed by atoms with van der Waals surface area (Å²) in [7, 11) is 0. The summed E-state index contributed by atoms with van der Waals surface area (Å²) in [4.78, 5) is 16.7. The number of nitrogens with one attached hydrogen (secondary N) is 1. The van der Waals surface area contributed by atoms with Crippen molar-refractivity contribution in [2.24, 2.45) is 0 Å². The maximum atomic E-state index is 12.8. The Labute approximate surface area is 149 Å². The van der Waals surface area contributed by atoms with E-state index in [0.29, 0.717) is 22.7 Å². The number of benzene rings is 2. The number of rotatable bonds is 4. The topological polar surface area (TPSA) is 85.8 Å². The van der Waals surface area contributed by atoms with Gasteiger partial charge in [0.2, 0.25) is 0 Å². The Kier molecular flexibility index (Phi) is 4.03. The quantitative estimate of drug-likeness (QED) is 0.612. The first kappa shape index (κ1) is 15.8. The molecule has 0 radical (unpaired) electrons. The van der Waals surface area contributed by atoms with Gasteiger partial charge in [-0.25, -0.2) is 9.67 Å². The third-order valence-corrected chi connectivity index (χ3v) is 3.95. The largest absolute Gasteiger partial charge is 0.360 e. The number of carbonyl (C=O) groups excluding carboxylic acids is 1. The fraction of sp³-hybridized carbons (Fsp3) is 0.0526. The van der Waals surface area contributed by atoms with Gasteiger partial charge in [0.1, 0.15) is 29.7 Å². The van der Waals surface area contributed by atoms with Crippen LogP contribution in [-0.2, 0) is 0 Å². The van der Waals surface area contributed by atoms with Crippen LogP contribution in [-0.4, -0.2) is 25.8 Å². The summed E-state index contributed by atoms with van der Waals surface area (Å²) in [5.74, 6) is 0.205. The standard InChI is InChI=1S/C19H15N5O2/c1-13-17(18(23-26-13)14-5-3-2-4-6-14)19(25)22-15-7-9-16(10-8-15)24-12-20-11-21-24/h2-12H,1H3,(H,22,25). The molecule has 2 aromatic carbocycles. The van der Waals surface area contributed by atoms with Gasteiger partial charge in [-0.15, -0.1) is 0 Å². The lowest BCUT2D eigenvalue weighted by molar-refractivity contribution is 0.102. The van der Waals surface area contributed by atoms with Crippen molar-refractivity contribution in [1.29, 1.82) is 0 Å². The Hall–Kier alpha value is -3.74. The second-order valence-corrected chi connectivity index (χ2v) is 5.67. The molecule has 128 valence electrons. The van der Waals surface area contributed by atoms with E-state index in [1.54, 1.807) is 30.1 Å². The van der Waals surface area contributed by atoms with Crippen LogP contribution in [0.25, 0.3) is 16.9 Å². The van der Waals surface area contributed by atoms with E-state index in [4.69, 9.17) is 4.52 Å². The van der Waals surface area contributed by atoms with Crippen LogP contribution in [0.4, 0.5) is 5.69 Å². The van der Waals surface area contributed by atoms with Crippen LogP contribution in [0.2, 0.25) is 0 Å². The van der Waals surface area contributed by atoms with E-state index < -0.39 is 0 Å². The minimum absolute atomic E-state index is 0.267. The van der Waals surface area contributed by atoms with Crippen LogP contribution in [0.3, 0.4) is 0 Å². The van der Waals surface area contributed by atoms with Crippen molar-refractivity contribution >= 4 is 11.6 Å². The number of amides is 1.